The average Bonchev–Trinajstić information content (AvgIpc) is 2.54. The summed E-state index contributed by atoms with van der Waals surface area (Å²) in [7, 11) is 2.09. The predicted octanol–water partition coefficient (Wildman–Crippen LogP) is 3.43. The Hall–Kier alpha value is -2.13. The van der Waals surface area contributed by atoms with Crippen LogP contribution in [0.3, 0.4) is 0 Å². The number of nitrogens with zero attached hydrogens (tertiary/aromatic N) is 1. The number of carbonyl (C=O) groups excluding carboxylic acids is 1. The lowest BCUT2D eigenvalue weighted by Crippen LogP contribution is -2.26. The summed E-state index contributed by atoms with van der Waals surface area (Å²) in [6.07, 6.45) is 7.63. The summed E-state index contributed by atoms with van der Waals surface area (Å²) in [5, 5.41) is 2.95. The molecule has 0 aliphatic rings. The standard InChI is InChI=1S/C19H26N2O/c1-4-11-17(5-2)16-21(3)15-10-9-14-20-19(22)18-12-7-6-8-13-18/h4-8,11-13H,1-2,9-10,14-16H2,3H3,(H,20,22)/b17-11+. The molecule has 0 spiro atoms. The Kier molecular flexibility index (Phi) is 8.61. The number of hydrogen-bond acceptors (Lipinski definition) is 2. The van der Waals surface area contributed by atoms with Crippen LogP contribution < -0.4 is 5.32 Å². The molecule has 0 fully saturated rings. The van der Waals surface area contributed by atoms with Gasteiger partial charge in [-0.1, -0.05) is 49.6 Å². The number of unbranched alkanes of at least 4 members (excludes halogenated alkanes) is 1. The normalized spacial score (nSPS) is 11.3. The summed E-state index contributed by atoms with van der Waals surface area (Å²) in [4.78, 5) is 14.1. The first-order valence-electron chi connectivity index (χ1n) is 7.63. The van der Waals surface area contributed by atoms with Crippen molar-refractivity contribution < 1.29 is 4.79 Å². The minimum atomic E-state index is -0.00295. The molecular formula is C19H26N2O. The van der Waals surface area contributed by atoms with Gasteiger partial charge in [-0.15, -0.1) is 0 Å². The lowest BCUT2D eigenvalue weighted by molar-refractivity contribution is 0.0952. The Balaban J connectivity index is 2.17. The van der Waals surface area contributed by atoms with Crippen LogP contribution in [-0.4, -0.2) is 37.5 Å². The number of nitrogens with one attached hydrogen (secondary N) is 1. The third-order valence-corrected chi connectivity index (χ3v) is 3.33. The molecule has 1 N–H and O–H groups in total. The van der Waals surface area contributed by atoms with E-state index in [-0.39, 0.29) is 5.91 Å². The van der Waals surface area contributed by atoms with E-state index in [4.69, 9.17) is 0 Å². The van der Waals surface area contributed by atoms with E-state index in [1.807, 2.05) is 42.5 Å². The van der Waals surface area contributed by atoms with Gasteiger partial charge in [-0.25, -0.2) is 0 Å². The maximum Gasteiger partial charge on any atom is 0.251 e. The molecule has 0 saturated heterocycles. The van der Waals surface area contributed by atoms with Gasteiger partial charge in [0.2, 0.25) is 0 Å². The van der Waals surface area contributed by atoms with E-state index in [0.29, 0.717) is 12.1 Å². The van der Waals surface area contributed by atoms with Crippen LogP contribution in [0.4, 0.5) is 0 Å². The highest BCUT2D eigenvalue weighted by atomic mass is 16.1. The number of hydrogen-bond donors (Lipinski definition) is 1. The van der Waals surface area contributed by atoms with E-state index in [9.17, 15) is 4.79 Å². The molecule has 0 heterocycles. The van der Waals surface area contributed by atoms with Crippen molar-refractivity contribution in [2.24, 2.45) is 0 Å². The van der Waals surface area contributed by atoms with Crippen LogP contribution in [0.5, 0.6) is 0 Å². The van der Waals surface area contributed by atoms with Crippen molar-refractivity contribution >= 4 is 5.91 Å². The molecule has 1 aromatic rings. The Labute approximate surface area is 134 Å². The van der Waals surface area contributed by atoms with Gasteiger partial charge in [0.25, 0.3) is 5.91 Å². The zero-order valence-corrected chi connectivity index (χ0v) is 13.4. The molecule has 3 nitrogen and oxygen atoms in total. The van der Waals surface area contributed by atoms with Crippen LogP contribution in [0.2, 0.25) is 0 Å². The molecule has 0 aromatic heterocycles. The smallest absolute Gasteiger partial charge is 0.251 e. The summed E-state index contributed by atoms with van der Waals surface area (Å²) in [6.45, 7) is 10.1. The molecule has 0 saturated carbocycles. The molecule has 0 aliphatic heterocycles. The van der Waals surface area contributed by atoms with Crippen molar-refractivity contribution in [2.75, 3.05) is 26.7 Å². The van der Waals surface area contributed by atoms with E-state index < -0.39 is 0 Å². The molecule has 1 amide bonds. The molecular weight excluding hydrogens is 272 g/mol. The highest BCUT2D eigenvalue weighted by Crippen LogP contribution is 2.02. The Morgan fingerprint density at radius 1 is 1.23 bits per heavy atom. The molecule has 0 radical (unpaired) electrons. The predicted molar refractivity (Wildman–Crippen MR) is 94.0 cm³/mol. The zero-order chi connectivity index (χ0) is 16.2. The molecule has 0 unspecified atom stereocenters. The third kappa shape index (κ3) is 7.04. The van der Waals surface area contributed by atoms with Crippen LogP contribution in [0, 0.1) is 0 Å². The second-order valence-electron chi connectivity index (χ2n) is 5.25. The van der Waals surface area contributed by atoms with E-state index in [1.54, 1.807) is 6.08 Å². The lowest BCUT2D eigenvalue weighted by atomic mass is 10.2. The van der Waals surface area contributed by atoms with Crippen molar-refractivity contribution in [3.63, 3.8) is 0 Å². The Bertz CT molecular complexity index is 505. The van der Waals surface area contributed by atoms with Gasteiger partial charge in [-0.3, -0.25) is 4.79 Å². The van der Waals surface area contributed by atoms with Crippen LogP contribution in [0.15, 0.2) is 67.3 Å². The molecule has 1 rings (SSSR count). The van der Waals surface area contributed by atoms with Gasteiger partial charge in [0.05, 0.1) is 0 Å². The average molecular weight is 298 g/mol. The van der Waals surface area contributed by atoms with Gasteiger partial charge < -0.3 is 10.2 Å². The molecule has 0 aliphatic carbocycles. The van der Waals surface area contributed by atoms with E-state index in [1.165, 1.54) is 0 Å². The van der Waals surface area contributed by atoms with Gasteiger partial charge >= 0.3 is 0 Å². The van der Waals surface area contributed by atoms with Gasteiger partial charge in [0, 0.05) is 18.7 Å². The van der Waals surface area contributed by atoms with E-state index >= 15 is 0 Å². The molecule has 3 heteroatoms. The molecule has 0 bridgehead atoms. The number of rotatable bonds is 10. The van der Waals surface area contributed by atoms with Crippen molar-refractivity contribution in [3.05, 3.63) is 72.9 Å². The highest BCUT2D eigenvalue weighted by Gasteiger charge is 2.03. The molecule has 1 aromatic carbocycles. The van der Waals surface area contributed by atoms with Gasteiger partial charge in [0.1, 0.15) is 0 Å². The minimum absolute atomic E-state index is 0.00295. The van der Waals surface area contributed by atoms with Crippen LogP contribution in [0.25, 0.3) is 0 Å². The summed E-state index contributed by atoms with van der Waals surface area (Å²) in [5.74, 6) is -0.00295. The summed E-state index contributed by atoms with van der Waals surface area (Å²) >= 11 is 0. The second-order valence-corrected chi connectivity index (χ2v) is 5.25. The minimum Gasteiger partial charge on any atom is -0.352 e. The van der Waals surface area contributed by atoms with Crippen molar-refractivity contribution in [1.29, 1.82) is 0 Å². The van der Waals surface area contributed by atoms with Crippen molar-refractivity contribution in [3.8, 4) is 0 Å². The lowest BCUT2D eigenvalue weighted by Gasteiger charge is -2.17. The maximum atomic E-state index is 11.8. The van der Waals surface area contributed by atoms with E-state index in [2.05, 4.69) is 30.4 Å². The number of likely N-dealkylation sites (N-methyl/N-ethyl adjacent to an activating group) is 1. The molecule has 0 atom stereocenters. The van der Waals surface area contributed by atoms with Gasteiger partial charge in [-0.2, -0.15) is 0 Å². The van der Waals surface area contributed by atoms with Crippen LogP contribution in [0.1, 0.15) is 23.2 Å². The number of allylic oxidation sites excluding steroid dienone is 2. The maximum absolute atomic E-state index is 11.8. The Morgan fingerprint density at radius 2 is 1.95 bits per heavy atom. The van der Waals surface area contributed by atoms with Crippen molar-refractivity contribution in [1.82, 2.24) is 10.2 Å². The first kappa shape index (κ1) is 17.9. The highest BCUT2D eigenvalue weighted by molar-refractivity contribution is 5.94. The molecule has 118 valence electrons. The fraction of sp³-hybridized carbons (Fsp3) is 0.316. The number of amides is 1. The fourth-order valence-electron chi connectivity index (χ4n) is 2.13. The largest absolute Gasteiger partial charge is 0.352 e. The van der Waals surface area contributed by atoms with Gasteiger partial charge in [0.15, 0.2) is 0 Å². The number of benzene rings is 1. The zero-order valence-electron chi connectivity index (χ0n) is 13.4. The number of carbonyl (C=O) groups is 1. The SMILES string of the molecule is C=C/C=C(\C=C)CN(C)CCCCNC(=O)c1ccccc1. The third-order valence-electron chi connectivity index (χ3n) is 3.33. The first-order chi connectivity index (χ1) is 10.7. The van der Waals surface area contributed by atoms with Crippen LogP contribution >= 0.6 is 0 Å². The summed E-state index contributed by atoms with van der Waals surface area (Å²) in [6, 6.07) is 9.30. The fourth-order valence-corrected chi connectivity index (χ4v) is 2.13. The van der Waals surface area contributed by atoms with Crippen molar-refractivity contribution in [2.45, 2.75) is 12.8 Å². The van der Waals surface area contributed by atoms with E-state index in [0.717, 1.165) is 31.5 Å². The topological polar surface area (TPSA) is 32.3 Å². The monoisotopic (exact) mass is 298 g/mol. The summed E-state index contributed by atoms with van der Waals surface area (Å²) < 4.78 is 0. The Morgan fingerprint density at radius 3 is 2.59 bits per heavy atom. The van der Waals surface area contributed by atoms with Gasteiger partial charge in [-0.05, 0) is 44.1 Å². The quantitative estimate of drug-likeness (QED) is 0.530. The first-order valence-corrected chi connectivity index (χ1v) is 7.63. The van der Waals surface area contributed by atoms with Crippen LogP contribution in [-0.2, 0) is 0 Å². The molecule has 22 heavy (non-hydrogen) atoms. The summed E-state index contributed by atoms with van der Waals surface area (Å²) in [5.41, 5.74) is 1.87. The second kappa shape index (κ2) is 10.6.